The highest BCUT2D eigenvalue weighted by Gasteiger charge is 2.20. The van der Waals surface area contributed by atoms with Gasteiger partial charge in [-0.2, -0.15) is 0 Å². The van der Waals surface area contributed by atoms with Crippen molar-refractivity contribution in [1.82, 2.24) is 10.2 Å². The molecule has 1 amide bonds. The summed E-state index contributed by atoms with van der Waals surface area (Å²) < 4.78 is 39.3. The lowest BCUT2D eigenvalue weighted by Crippen LogP contribution is -2.15. The number of carbonyl (C=O) groups is 2. The van der Waals surface area contributed by atoms with Crippen molar-refractivity contribution in [2.75, 3.05) is 5.32 Å². The van der Waals surface area contributed by atoms with Gasteiger partial charge in [0.05, 0.1) is 12.0 Å². The predicted octanol–water partition coefficient (Wildman–Crippen LogP) is 2.22. The number of amides is 1. The van der Waals surface area contributed by atoms with E-state index in [4.69, 9.17) is 5.11 Å². The summed E-state index contributed by atoms with van der Waals surface area (Å²) in [6.07, 6.45) is -0.0250. The van der Waals surface area contributed by atoms with Crippen molar-refractivity contribution in [3.8, 4) is 0 Å². The number of aromatic nitrogens is 2. The normalized spacial score (nSPS) is 10.5. The molecule has 0 aliphatic heterocycles. The highest BCUT2D eigenvalue weighted by molar-refractivity contribution is 7.15. The fourth-order valence-corrected chi connectivity index (χ4v) is 2.22. The molecule has 22 heavy (non-hydrogen) atoms. The lowest BCUT2D eigenvalue weighted by molar-refractivity contribution is -0.136. The third-order valence-electron chi connectivity index (χ3n) is 2.52. The van der Waals surface area contributed by atoms with Crippen molar-refractivity contribution in [2.24, 2.45) is 0 Å². The largest absolute Gasteiger partial charge is 0.481 e. The second-order valence-electron chi connectivity index (χ2n) is 4.07. The van der Waals surface area contributed by atoms with Gasteiger partial charge in [0.2, 0.25) is 5.13 Å². The van der Waals surface area contributed by atoms with Gasteiger partial charge < -0.3 is 5.11 Å². The molecule has 10 heteroatoms. The van der Waals surface area contributed by atoms with E-state index in [1.807, 2.05) is 0 Å². The van der Waals surface area contributed by atoms with Crippen molar-refractivity contribution >= 4 is 28.3 Å². The number of halogens is 3. The summed E-state index contributed by atoms with van der Waals surface area (Å²) in [4.78, 5) is 22.2. The van der Waals surface area contributed by atoms with E-state index in [1.165, 1.54) is 0 Å². The number of nitrogens with zero attached hydrogens (tertiary/aromatic N) is 2. The van der Waals surface area contributed by atoms with Crippen LogP contribution in [0.1, 0.15) is 21.8 Å². The van der Waals surface area contributed by atoms with Crippen LogP contribution in [0, 0.1) is 17.5 Å². The number of aliphatic carboxylic acids is 1. The van der Waals surface area contributed by atoms with Crippen LogP contribution >= 0.6 is 11.3 Å². The third-order valence-corrected chi connectivity index (χ3v) is 3.42. The molecule has 1 aromatic heterocycles. The highest BCUT2D eigenvalue weighted by atomic mass is 32.1. The fourth-order valence-electron chi connectivity index (χ4n) is 1.48. The SMILES string of the molecule is O=C(O)CCc1nnc(NC(=O)c2ccc(F)c(F)c2F)s1. The topological polar surface area (TPSA) is 92.2 Å². The number of nitrogens with one attached hydrogen (secondary N) is 1. The van der Waals surface area contributed by atoms with E-state index < -0.39 is 34.9 Å². The molecule has 0 radical (unpaired) electrons. The number of hydrogen-bond acceptors (Lipinski definition) is 5. The van der Waals surface area contributed by atoms with Crippen LogP contribution in [0.5, 0.6) is 0 Å². The van der Waals surface area contributed by atoms with E-state index in [0.717, 1.165) is 17.4 Å². The molecular formula is C12H8F3N3O3S. The van der Waals surface area contributed by atoms with Gasteiger partial charge in [-0.25, -0.2) is 13.2 Å². The predicted molar refractivity (Wildman–Crippen MR) is 70.1 cm³/mol. The third kappa shape index (κ3) is 3.58. The lowest BCUT2D eigenvalue weighted by atomic mass is 10.2. The fraction of sp³-hybridized carbons (Fsp3) is 0.167. The number of rotatable bonds is 5. The molecule has 0 saturated carbocycles. The number of carboxylic acids is 1. The summed E-state index contributed by atoms with van der Waals surface area (Å²) in [6, 6.07) is 1.43. The molecule has 0 spiro atoms. The molecule has 0 atom stereocenters. The van der Waals surface area contributed by atoms with Gasteiger partial charge in [-0.05, 0) is 12.1 Å². The number of aryl methyl sites for hydroxylation is 1. The van der Waals surface area contributed by atoms with Gasteiger partial charge in [0, 0.05) is 6.42 Å². The van der Waals surface area contributed by atoms with Crippen LogP contribution in [0.2, 0.25) is 0 Å². The Hall–Kier alpha value is -2.49. The minimum Gasteiger partial charge on any atom is -0.481 e. The van der Waals surface area contributed by atoms with E-state index in [9.17, 15) is 22.8 Å². The molecular weight excluding hydrogens is 323 g/mol. The maximum Gasteiger partial charge on any atom is 0.303 e. The molecule has 0 bridgehead atoms. The Labute approximate surface area is 125 Å². The molecule has 0 unspecified atom stereocenters. The second-order valence-corrected chi connectivity index (χ2v) is 5.13. The van der Waals surface area contributed by atoms with E-state index in [1.54, 1.807) is 0 Å². The molecule has 2 aromatic rings. The zero-order chi connectivity index (χ0) is 16.3. The average Bonchev–Trinajstić information content (AvgIpc) is 2.90. The van der Waals surface area contributed by atoms with Crippen LogP contribution in [0.4, 0.5) is 18.3 Å². The molecule has 0 aliphatic rings. The number of hydrogen-bond donors (Lipinski definition) is 2. The maximum absolute atomic E-state index is 13.5. The summed E-state index contributed by atoms with van der Waals surface area (Å²) in [5, 5.41) is 18.3. The van der Waals surface area contributed by atoms with Crippen LogP contribution in [0.15, 0.2) is 12.1 Å². The minimum atomic E-state index is -1.74. The van der Waals surface area contributed by atoms with E-state index in [-0.39, 0.29) is 18.0 Å². The minimum absolute atomic E-state index is 0.00507. The van der Waals surface area contributed by atoms with Gasteiger partial charge in [0.1, 0.15) is 5.01 Å². The molecule has 0 aliphatic carbocycles. The Balaban J connectivity index is 2.09. The summed E-state index contributed by atoms with van der Waals surface area (Å²) in [6.45, 7) is 0. The van der Waals surface area contributed by atoms with Gasteiger partial charge in [-0.15, -0.1) is 10.2 Å². The van der Waals surface area contributed by atoms with Gasteiger partial charge in [-0.3, -0.25) is 14.9 Å². The summed E-state index contributed by atoms with van der Waals surface area (Å²) in [7, 11) is 0. The maximum atomic E-state index is 13.5. The number of anilines is 1. The first-order valence-corrected chi connectivity index (χ1v) is 6.69. The Morgan fingerprint density at radius 1 is 1.18 bits per heavy atom. The molecule has 116 valence electrons. The molecule has 0 saturated heterocycles. The van der Waals surface area contributed by atoms with Gasteiger partial charge in [-0.1, -0.05) is 11.3 Å². The summed E-state index contributed by atoms with van der Waals surface area (Å²) in [5.41, 5.74) is -0.679. The monoisotopic (exact) mass is 331 g/mol. The van der Waals surface area contributed by atoms with Crippen molar-refractivity contribution in [3.63, 3.8) is 0 Å². The van der Waals surface area contributed by atoms with Crippen LogP contribution in [-0.2, 0) is 11.2 Å². The van der Waals surface area contributed by atoms with Crippen LogP contribution in [-0.4, -0.2) is 27.2 Å². The summed E-state index contributed by atoms with van der Waals surface area (Å²) in [5.74, 6) is -6.77. The molecule has 1 heterocycles. The van der Waals surface area contributed by atoms with Crippen LogP contribution in [0.3, 0.4) is 0 Å². The second kappa shape index (κ2) is 6.52. The number of carboxylic acid groups (broad SMARTS) is 1. The number of carbonyl (C=O) groups excluding carboxylic acids is 1. The van der Waals surface area contributed by atoms with Crippen molar-refractivity contribution in [3.05, 3.63) is 40.2 Å². The quantitative estimate of drug-likeness (QED) is 0.820. The van der Waals surface area contributed by atoms with Gasteiger partial charge in [0.15, 0.2) is 17.5 Å². The Bertz CT molecular complexity index is 736. The van der Waals surface area contributed by atoms with Crippen molar-refractivity contribution in [1.29, 1.82) is 0 Å². The average molecular weight is 331 g/mol. The van der Waals surface area contributed by atoms with E-state index in [0.29, 0.717) is 11.1 Å². The Morgan fingerprint density at radius 2 is 1.91 bits per heavy atom. The van der Waals surface area contributed by atoms with Crippen molar-refractivity contribution in [2.45, 2.75) is 12.8 Å². The highest BCUT2D eigenvalue weighted by Crippen LogP contribution is 2.20. The summed E-state index contributed by atoms with van der Waals surface area (Å²) >= 11 is 0.903. The Morgan fingerprint density at radius 3 is 2.59 bits per heavy atom. The van der Waals surface area contributed by atoms with Crippen molar-refractivity contribution < 1.29 is 27.9 Å². The zero-order valence-electron chi connectivity index (χ0n) is 10.8. The van der Waals surface area contributed by atoms with Crippen LogP contribution < -0.4 is 5.32 Å². The van der Waals surface area contributed by atoms with E-state index in [2.05, 4.69) is 15.5 Å². The zero-order valence-corrected chi connectivity index (χ0v) is 11.6. The Kier molecular flexibility index (Phi) is 4.71. The molecule has 0 fully saturated rings. The first kappa shape index (κ1) is 15.9. The smallest absolute Gasteiger partial charge is 0.303 e. The van der Waals surface area contributed by atoms with Crippen LogP contribution in [0.25, 0.3) is 0 Å². The molecule has 6 nitrogen and oxygen atoms in total. The van der Waals surface area contributed by atoms with Gasteiger partial charge >= 0.3 is 5.97 Å². The first-order chi connectivity index (χ1) is 10.4. The number of benzene rings is 1. The molecule has 2 N–H and O–H groups in total. The van der Waals surface area contributed by atoms with E-state index >= 15 is 0 Å². The van der Waals surface area contributed by atoms with Gasteiger partial charge in [0.25, 0.3) is 5.91 Å². The lowest BCUT2D eigenvalue weighted by Gasteiger charge is -2.03. The first-order valence-electron chi connectivity index (χ1n) is 5.87. The molecule has 2 rings (SSSR count). The molecule has 1 aromatic carbocycles. The standard InChI is InChI=1S/C12H8F3N3O3S/c13-6-2-1-5(9(14)10(6)15)11(21)16-12-18-17-7(22-12)3-4-8(19)20/h1-2H,3-4H2,(H,19,20)(H,16,18,21).